The van der Waals surface area contributed by atoms with Crippen molar-refractivity contribution in [3.05, 3.63) is 70.2 Å². The van der Waals surface area contributed by atoms with E-state index < -0.39 is 0 Å². The van der Waals surface area contributed by atoms with Gasteiger partial charge in [0, 0.05) is 17.5 Å². The van der Waals surface area contributed by atoms with Gasteiger partial charge in [-0.2, -0.15) is 0 Å². The number of aliphatic hydroxyl groups is 1. The summed E-state index contributed by atoms with van der Waals surface area (Å²) in [5.74, 6) is 0.504. The third-order valence-electron chi connectivity index (χ3n) is 4.32. The van der Waals surface area contributed by atoms with Crippen LogP contribution in [-0.4, -0.2) is 17.6 Å². The minimum absolute atomic E-state index is 0.0591. The van der Waals surface area contributed by atoms with Gasteiger partial charge in [-0.05, 0) is 47.6 Å². The summed E-state index contributed by atoms with van der Waals surface area (Å²) in [5.41, 5.74) is 3.21. The molecule has 0 heterocycles. The Morgan fingerprint density at radius 1 is 1.17 bits per heavy atom. The Morgan fingerprint density at radius 3 is 2.61 bits per heavy atom. The second kappa shape index (κ2) is 7.16. The highest BCUT2D eigenvalue weighted by molar-refractivity contribution is 6.30. The van der Waals surface area contributed by atoms with Crippen molar-refractivity contribution >= 4 is 17.5 Å². The zero-order valence-corrected chi connectivity index (χ0v) is 13.6. The maximum Gasteiger partial charge on any atom is 0.223 e. The van der Waals surface area contributed by atoms with E-state index in [2.05, 4.69) is 5.32 Å². The summed E-state index contributed by atoms with van der Waals surface area (Å²) in [5, 5.41) is 12.8. The molecule has 0 aromatic heterocycles. The molecule has 120 valence electrons. The molecule has 2 aromatic carbocycles. The number of carbonyl (C=O) groups is 1. The van der Waals surface area contributed by atoms with Crippen LogP contribution in [0.4, 0.5) is 0 Å². The lowest BCUT2D eigenvalue weighted by atomic mass is 10.1. The molecule has 2 atom stereocenters. The molecule has 0 radical (unpaired) electrons. The van der Waals surface area contributed by atoms with Crippen LogP contribution in [0.15, 0.2) is 48.5 Å². The van der Waals surface area contributed by atoms with Crippen molar-refractivity contribution in [2.24, 2.45) is 5.92 Å². The highest BCUT2D eigenvalue weighted by Gasteiger charge is 2.43. The predicted octanol–water partition coefficient (Wildman–Crippen LogP) is 3.29. The first kappa shape index (κ1) is 16.0. The van der Waals surface area contributed by atoms with Crippen LogP contribution in [0, 0.1) is 5.92 Å². The van der Waals surface area contributed by atoms with Gasteiger partial charge in [0.2, 0.25) is 5.91 Å². The van der Waals surface area contributed by atoms with Crippen molar-refractivity contribution in [3.8, 4) is 0 Å². The van der Waals surface area contributed by atoms with Crippen molar-refractivity contribution in [1.29, 1.82) is 0 Å². The van der Waals surface area contributed by atoms with E-state index in [-0.39, 0.29) is 18.4 Å². The number of aliphatic hydroxyl groups excluding tert-OH is 1. The minimum Gasteiger partial charge on any atom is -0.392 e. The average molecular weight is 330 g/mol. The smallest absolute Gasteiger partial charge is 0.223 e. The quantitative estimate of drug-likeness (QED) is 0.854. The summed E-state index contributed by atoms with van der Waals surface area (Å²) in [4.78, 5) is 12.2. The average Bonchev–Trinajstić information content (AvgIpc) is 3.36. The highest BCUT2D eigenvalue weighted by atomic mass is 35.5. The number of carbonyl (C=O) groups excluding carboxylic acids is 1. The van der Waals surface area contributed by atoms with Gasteiger partial charge in [-0.3, -0.25) is 4.79 Å². The fourth-order valence-corrected chi connectivity index (χ4v) is 3.06. The van der Waals surface area contributed by atoms with E-state index >= 15 is 0 Å². The molecule has 1 amide bonds. The number of hydrogen-bond acceptors (Lipinski definition) is 2. The van der Waals surface area contributed by atoms with Crippen LogP contribution in [0.3, 0.4) is 0 Å². The molecule has 4 heteroatoms. The van der Waals surface area contributed by atoms with Gasteiger partial charge in [-0.15, -0.1) is 0 Å². The molecule has 2 aromatic rings. The molecular weight excluding hydrogens is 310 g/mol. The van der Waals surface area contributed by atoms with Crippen LogP contribution in [0.25, 0.3) is 0 Å². The number of amides is 1. The largest absolute Gasteiger partial charge is 0.392 e. The fraction of sp³-hybridized carbons (Fsp3) is 0.316. The number of nitrogens with one attached hydrogen (secondary N) is 1. The van der Waals surface area contributed by atoms with Crippen molar-refractivity contribution in [1.82, 2.24) is 5.32 Å². The van der Waals surface area contributed by atoms with E-state index in [9.17, 15) is 4.79 Å². The molecule has 3 nitrogen and oxygen atoms in total. The number of rotatable bonds is 6. The molecule has 1 aliphatic carbocycles. The first-order valence-corrected chi connectivity index (χ1v) is 8.27. The topological polar surface area (TPSA) is 49.3 Å². The molecular formula is C19H20ClNO2. The standard InChI is InChI=1S/C19H20ClNO2/c20-16-3-1-2-15(10-16)17-11-18(17)19(23)21-9-8-13-4-6-14(12-22)7-5-13/h1-7,10,17-18,22H,8-9,11-12H2,(H,21,23). The third-order valence-corrected chi connectivity index (χ3v) is 4.56. The van der Waals surface area contributed by atoms with E-state index in [1.807, 2.05) is 48.5 Å². The lowest BCUT2D eigenvalue weighted by Gasteiger charge is -2.06. The zero-order valence-electron chi connectivity index (χ0n) is 12.8. The number of benzene rings is 2. The van der Waals surface area contributed by atoms with Gasteiger partial charge < -0.3 is 10.4 Å². The minimum atomic E-state index is 0.0591. The zero-order chi connectivity index (χ0) is 16.2. The molecule has 23 heavy (non-hydrogen) atoms. The van der Waals surface area contributed by atoms with Crippen molar-refractivity contribution in [2.45, 2.75) is 25.4 Å². The summed E-state index contributed by atoms with van der Waals surface area (Å²) >= 11 is 6.00. The lowest BCUT2D eigenvalue weighted by Crippen LogP contribution is -2.27. The summed E-state index contributed by atoms with van der Waals surface area (Å²) in [6.07, 6.45) is 1.70. The number of hydrogen-bond donors (Lipinski definition) is 2. The SMILES string of the molecule is O=C(NCCc1ccc(CO)cc1)C1CC1c1cccc(Cl)c1. The maximum absolute atomic E-state index is 12.2. The van der Waals surface area contributed by atoms with Crippen LogP contribution < -0.4 is 5.32 Å². The molecule has 0 spiro atoms. The van der Waals surface area contributed by atoms with Gasteiger partial charge in [0.05, 0.1) is 6.61 Å². The molecule has 3 rings (SSSR count). The Morgan fingerprint density at radius 2 is 1.91 bits per heavy atom. The van der Waals surface area contributed by atoms with Gasteiger partial charge in [0.1, 0.15) is 0 Å². The Labute approximate surface area is 141 Å². The Kier molecular flexibility index (Phi) is 4.99. The van der Waals surface area contributed by atoms with Crippen LogP contribution >= 0.6 is 11.6 Å². The Bertz CT molecular complexity index is 684. The van der Waals surface area contributed by atoms with E-state index in [0.29, 0.717) is 12.5 Å². The molecule has 0 saturated heterocycles. The summed E-state index contributed by atoms with van der Waals surface area (Å²) < 4.78 is 0. The van der Waals surface area contributed by atoms with Crippen LogP contribution in [0.5, 0.6) is 0 Å². The summed E-state index contributed by atoms with van der Waals surface area (Å²) in [6.45, 7) is 0.694. The van der Waals surface area contributed by atoms with Gasteiger partial charge in [-0.1, -0.05) is 48.0 Å². The van der Waals surface area contributed by atoms with Gasteiger partial charge in [0.15, 0.2) is 0 Å². The van der Waals surface area contributed by atoms with Crippen molar-refractivity contribution < 1.29 is 9.90 Å². The van der Waals surface area contributed by atoms with Crippen LogP contribution in [-0.2, 0) is 17.8 Å². The first-order valence-electron chi connectivity index (χ1n) is 7.89. The first-order chi connectivity index (χ1) is 11.2. The fourth-order valence-electron chi connectivity index (χ4n) is 2.86. The normalized spacial score (nSPS) is 19.4. The lowest BCUT2D eigenvalue weighted by molar-refractivity contribution is -0.122. The maximum atomic E-state index is 12.2. The third kappa shape index (κ3) is 4.12. The van der Waals surface area contributed by atoms with Gasteiger partial charge >= 0.3 is 0 Å². The summed E-state index contributed by atoms with van der Waals surface area (Å²) in [6, 6.07) is 15.6. The highest BCUT2D eigenvalue weighted by Crippen LogP contribution is 2.47. The van der Waals surface area contributed by atoms with Gasteiger partial charge in [-0.25, -0.2) is 0 Å². The molecule has 1 saturated carbocycles. The second-order valence-electron chi connectivity index (χ2n) is 6.02. The predicted molar refractivity (Wildman–Crippen MR) is 91.4 cm³/mol. The van der Waals surface area contributed by atoms with Crippen LogP contribution in [0.2, 0.25) is 5.02 Å². The van der Waals surface area contributed by atoms with Crippen LogP contribution in [0.1, 0.15) is 29.0 Å². The second-order valence-corrected chi connectivity index (χ2v) is 6.46. The van der Waals surface area contributed by atoms with E-state index in [4.69, 9.17) is 16.7 Å². The van der Waals surface area contributed by atoms with Crippen molar-refractivity contribution in [2.75, 3.05) is 6.54 Å². The Balaban J connectivity index is 1.45. The van der Waals surface area contributed by atoms with Gasteiger partial charge in [0.25, 0.3) is 0 Å². The number of halogens is 1. The monoisotopic (exact) mass is 329 g/mol. The van der Waals surface area contributed by atoms with Crippen molar-refractivity contribution in [3.63, 3.8) is 0 Å². The molecule has 2 unspecified atom stereocenters. The molecule has 0 bridgehead atoms. The molecule has 1 fully saturated rings. The molecule has 2 N–H and O–H groups in total. The molecule has 1 aliphatic rings. The molecule has 0 aliphatic heterocycles. The summed E-state index contributed by atoms with van der Waals surface area (Å²) in [7, 11) is 0. The Hall–Kier alpha value is -1.84. The van der Waals surface area contributed by atoms with E-state index in [1.165, 1.54) is 0 Å². The van der Waals surface area contributed by atoms with E-state index in [1.54, 1.807) is 0 Å². The van der Waals surface area contributed by atoms with E-state index in [0.717, 1.165) is 34.6 Å².